The lowest BCUT2D eigenvalue weighted by Gasteiger charge is -2.38. The molecule has 0 aliphatic carbocycles. The molecule has 1 N–H and O–H groups in total. The maximum Gasteiger partial charge on any atom is 0.344 e. The predicted molar refractivity (Wildman–Crippen MR) is 124 cm³/mol. The summed E-state index contributed by atoms with van der Waals surface area (Å²) in [6.07, 6.45) is 4.52. The maximum atomic E-state index is 12.9. The Morgan fingerprint density at radius 2 is 1.97 bits per heavy atom. The first-order valence-electron chi connectivity index (χ1n) is 11.2. The minimum absolute atomic E-state index is 0.220. The standard InChI is InChI=1S/C25H26N4O3/c1-15-11-29-12-18(8-23(29)16(2)26-15)22-7-17-3-4-19(10-24(17)32-25(22)31)27-5-6-28-14-21(30)9-20(28)13-27/h3-4,7-8,10-12,20-21,30H,5-6,9,13-14H2,1-2H3. The van der Waals surface area contributed by atoms with E-state index in [1.165, 1.54) is 0 Å². The second-order valence-electron chi connectivity index (χ2n) is 9.14. The van der Waals surface area contributed by atoms with Gasteiger partial charge in [0.2, 0.25) is 0 Å². The Kier molecular flexibility index (Phi) is 4.38. The molecule has 6 rings (SSSR count). The van der Waals surface area contributed by atoms with E-state index in [4.69, 9.17) is 4.42 Å². The van der Waals surface area contributed by atoms with Gasteiger partial charge < -0.3 is 18.8 Å². The Morgan fingerprint density at radius 3 is 2.84 bits per heavy atom. The fourth-order valence-corrected chi connectivity index (χ4v) is 5.32. The van der Waals surface area contributed by atoms with Crippen LogP contribution in [0.1, 0.15) is 17.8 Å². The minimum atomic E-state index is -0.336. The van der Waals surface area contributed by atoms with E-state index in [1.807, 2.05) is 54.9 Å². The summed E-state index contributed by atoms with van der Waals surface area (Å²) in [5.41, 5.74) is 5.55. The van der Waals surface area contributed by atoms with Crippen LogP contribution in [0.5, 0.6) is 0 Å². The molecule has 0 saturated carbocycles. The molecule has 5 heterocycles. The first kappa shape index (κ1) is 19.5. The average molecular weight is 431 g/mol. The van der Waals surface area contributed by atoms with Gasteiger partial charge in [0.25, 0.3) is 0 Å². The summed E-state index contributed by atoms with van der Waals surface area (Å²) in [6, 6.07) is 10.4. The largest absolute Gasteiger partial charge is 0.422 e. The highest BCUT2D eigenvalue weighted by Gasteiger charge is 2.35. The second kappa shape index (κ2) is 7.18. The maximum absolute atomic E-state index is 12.9. The van der Waals surface area contributed by atoms with E-state index in [9.17, 15) is 9.90 Å². The number of rotatable bonds is 2. The summed E-state index contributed by atoms with van der Waals surface area (Å²) in [4.78, 5) is 22.1. The van der Waals surface area contributed by atoms with Gasteiger partial charge in [-0.2, -0.15) is 0 Å². The van der Waals surface area contributed by atoms with Gasteiger partial charge in [-0.05, 0) is 44.5 Å². The number of hydrogen-bond donors (Lipinski definition) is 1. The molecule has 32 heavy (non-hydrogen) atoms. The molecular weight excluding hydrogens is 404 g/mol. The number of anilines is 1. The van der Waals surface area contributed by atoms with Crippen molar-refractivity contribution in [3.05, 3.63) is 64.5 Å². The molecule has 0 amide bonds. The van der Waals surface area contributed by atoms with Crippen LogP contribution in [0.3, 0.4) is 0 Å². The number of aryl methyl sites for hydroxylation is 2. The summed E-state index contributed by atoms with van der Waals surface area (Å²) in [5.74, 6) is 0. The van der Waals surface area contributed by atoms with Gasteiger partial charge in [0, 0.05) is 67.3 Å². The SMILES string of the molecule is Cc1cn2cc(-c3cc4ccc(N5CCN6CC(O)CC6C5)cc4oc3=O)cc2c(C)n1. The monoisotopic (exact) mass is 430 g/mol. The molecule has 2 fully saturated rings. The van der Waals surface area contributed by atoms with Crippen molar-refractivity contribution < 1.29 is 9.52 Å². The summed E-state index contributed by atoms with van der Waals surface area (Å²) in [6.45, 7) is 7.44. The smallest absolute Gasteiger partial charge is 0.344 e. The Labute approximate surface area is 185 Å². The van der Waals surface area contributed by atoms with Crippen LogP contribution < -0.4 is 10.5 Å². The van der Waals surface area contributed by atoms with Crippen molar-refractivity contribution in [2.45, 2.75) is 32.4 Å². The van der Waals surface area contributed by atoms with Crippen LogP contribution in [0, 0.1) is 13.8 Å². The van der Waals surface area contributed by atoms with E-state index in [0.717, 1.165) is 66.1 Å². The lowest BCUT2D eigenvalue weighted by Crippen LogP contribution is -2.50. The predicted octanol–water partition coefficient (Wildman–Crippen LogP) is 2.98. The van der Waals surface area contributed by atoms with Crippen molar-refractivity contribution in [1.82, 2.24) is 14.3 Å². The first-order valence-corrected chi connectivity index (χ1v) is 11.2. The molecule has 2 saturated heterocycles. The molecule has 2 aliphatic rings. The third-order valence-corrected chi connectivity index (χ3v) is 6.88. The Bertz CT molecular complexity index is 1410. The number of aliphatic hydroxyl groups is 1. The van der Waals surface area contributed by atoms with E-state index < -0.39 is 0 Å². The van der Waals surface area contributed by atoms with Crippen molar-refractivity contribution >= 4 is 22.2 Å². The average Bonchev–Trinajstić information content (AvgIpc) is 3.34. The zero-order chi connectivity index (χ0) is 22.0. The van der Waals surface area contributed by atoms with Crippen molar-refractivity contribution in [3.63, 3.8) is 0 Å². The van der Waals surface area contributed by atoms with E-state index >= 15 is 0 Å². The highest BCUT2D eigenvalue weighted by Crippen LogP contribution is 2.30. The Morgan fingerprint density at radius 1 is 1.09 bits per heavy atom. The molecule has 0 bridgehead atoms. The molecule has 1 aromatic carbocycles. The van der Waals surface area contributed by atoms with Crippen LogP contribution >= 0.6 is 0 Å². The number of aliphatic hydroxyl groups excluding tert-OH is 1. The number of piperazine rings is 1. The quantitative estimate of drug-likeness (QED) is 0.493. The minimum Gasteiger partial charge on any atom is -0.422 e. The molecule has 4 aromatic rings. The van der Waals surface area contributed by atoms with Gasteiger partial charge in [0.15, 0.2) is 0 Å². The molecule has 2 atom stereocenters. The van der Waals surface area contributed by atoms with E-state index in [1.54, 1.807) is 0 Å². The van der Waals surface area contributed by atoms with Crippen LogP contribution in [0.25, 0.3) is 27.6 Å². The van der Waals surface area contributed by atoms with E-state index in [0.29, 0.717) is 17.2 Å². The van der Waals surface area contributed by atoms with Crippen LogP contribution in [0.2, 0.25) is 0 Å². The lowest BCUT2D eigenvalue weighted by molar-refractivity contribution is 0.173. The van der Waals surface area contributed by atoms with Crippen LogP contribution in [0.15, 0.2) is 51.9 Å². The fraction of sp³-hybridized carbons (Fsp3) is 0.360. The summed E-state index contributed by atoms with van der Waals surface area (Å²) in [5, 5.41) is 10.9. The van der Waals surface area contributed by atoms with Gasteiger partial charge in [-0.3, -0.25) is 9.88 Å². The van der Waals surface area contributed by atoms with E-state index in [-0.39, 0.29) is 11.7 Å². The molecule has 7 nitrogen and oxygen atoms in total. The van der Waals surface area contributed by atoms with Gasteiger partial charge >= 0.3 is 5.63 Å². The summed E-state index contributed by atoms with van der Waals surface area (Å²) < 4.78 is 7.79. The van der Waals surface area contributed by atoms with Gasteiger partial charge in [0.05, 0.1) is 28.6 Å². The third kappa shape index (κ3) is 3.20. The normalized spacial score (nSPS) is 21.5. The van der Waals surface area contributed by atoms with Crippen molar-refractivity contribution in [1.29, 1.82) is 0 Å². The molecule has 2 aliphatic heterocycles. The first-order chi connectivity index (χ1) is 15.4. The molecule has 7 heteroatoms. The Balaban J connectivity index is 1.35. The Hall–Kier alpha value is -3.16. The van der Waals surface area contributed by atoms with Gasteiger partial charge in [-0.1, -0.05) is 0 Å². The number of hydrogen-bond acceptors (Lipinski definition) is 6. The number of benzene rings is 1. The van der Waals surface area contributed by atoms with Crippen molar-refractivity contribution in [3.8, 4) is 11.1 Å². The summed E-state index contributed by atoms with van der Waals surface area (Å²) in [7, 11) is 0. The second-order valence-corrected chi connectivity index (χ2v) is 9.14. The lowest BCUT2D eigenvalue weighted by atomic mass is 10.1. The van der Waals surface area contributed by atoms with E-state index in [2.05, 4.69) is 20.9 Å². The van der Waals surface area contributed by atoms with Gasteiger partial charge in [0.1, 0.15) is 5.58 Å². The molecule has 0 spiro atoms. The molecule has 164 valence electrons. The highest BCUT2D eigenvalue weighted by atomic mass is 16.4. The topological polar surface area (TPSA) is 74.2 Å². The zero-order valence-electron chi connectivity index (χ0n) is 18.3. The zero-order valence-corrected chi connectivity index (χ0v) is 18.3. The molecule has 2 unspecified atom stereocenters. The number of fused-ring (bicyclic) bond motifs is 3. The highest BCUT2D eigenvalue weighted by molar-refractivity contribution is 5.85. The molecule has 0 radical (unpaired) electrons. The van der Waals surface area contributed by atoms with Crippen molar-refractivity contribution in [2.75, 3.05) is 31.1 Å². The number of aromatic nitrogens is 2. The molecular formula is C25H26N4O3. The van der Waals surface area contributed by atoms with Gasteiger partial charge in [-0.15, -0.1) is 0 Å². The van der Waals surface area contributed by atoms with Crippen LogP contribution in [0.4, 0.5) is 5.69 Å². The van der Waals surface area contributed by atoms with Gasteiger partial charge in [-0.25, -0.2) is 4.79 Å². The number of nitrogens with zero attached hydrogens (tertiary/aromatic N) is 4. The van der Waals surface area contributed by atoms with Crippen molar-refractivity contribution in [2.24, 2.45) is 0 Å². The fourth-order valence-electron chi connectivity index (χ4n) is 5.32. The molecule has 3 aromatic heterocycles. The van der Waals surface area contributed by atoms with Crippen LogP contribution in [-0.2, 0) is 0 Å². The summed E-state index contributed by atoms with van der Waals surface area (Å²) >= 11 is 0. The van der Waals surface area contributed by atoms with Crippen LogP contribution in [-0.4, -0.2) is 57.7 Å². The third-order valence-electron chi connectivity index (χ3n) is 6.88.